The third kappa shape index (κ3) is 3.06. The van der Waals surface area contributed by atoms with E-state index in [2.05, 4.69) is 28.5 Å². The minimum atomic E-state index is 0.788. The van der Waals surface area contributed by atoms with Gasteiger partial charge in [0.25, 0.3) is 0 Å². The van der Waals surface area contributed by atoms with Crippen molar-refractivity contribution in [2.24, 2.45) is 0 Å². The Morgan fingerprint density at radius 3 is 3.06 bits per heavy atom. The highest BCUT2D eigenvalue weighted by atomic mass is 15.3. The minimum absolute atomic E-state index is 0.788. The molecule has 2 rings (SSSR count). The molecule has 0 unspecified atom stereocenters. The Kier molecular flexibility index (Phi) is 3.75. The second-order valence-electron chi connectivity index (χ2n) is 4.10. The van der Waals surface area contributed by atoms with E-state index in [1.54, 1.807) is 6.20 Å². The topological polar surface area (TPSA) is 42.7 Å². The molecule has 4 nitrogen and oxygen atoms in total. The molecule has 0 bridgehead atoms. The number of anilines is 1. The van der Waals surface area contributed by atoms with Gasteiger partial charge in [-0.1, -0.05) is 6.92 Å². The molecular formula is C13H18N4. The maximum atomic E-state index is 4.30. The first-order valence-corrected chi connectivity index (χ1v) is 5.96. The lowest BCUT2D eigenvalue weighted by molar-refractivity contribution is 0.602. The molecule has 2 heterocycles. The van der Waals surface area contributed by atoms with Crippen LogP contribution in [0.1, 0.15) is 24.6 Å². The molecule has 4 heteroatoms. The number of hydrogen-bond donors (Lipinski definition) is 1. The van der Waals surface area contributed by atoms with Gasteiger partial charge in [0.2, 0.25) is 0 Å². The van der Waals surface area contributed by atoms with E-state index in [1.807, 2.05) is 29.9 Å². The van der Waals surface area contributed by atoms with Crippen molar-refractivity contribution in [1.29, 1.82) is 0 Å². The van der Waals surface area contributed by atoms with Gasteiger partial charge in [0.15, 0.2) is 0 Å². The fraction of sp³-hybridized carbons (Fsp3) is 0.385. The van der Waals surface area contributed by atoms with Crippen LogP contribution < -0.4 is 5.32 Å². The van der Waals surface area contributed by atoms with Crippen molar-refractivity contribution in [3.63, 3.8) is 0 Å². The lowest BCUT2D eigenvalue weighted by atomic mass is 10.3. The van der Waals surface area contributed by atoms with Crippen LogP contribution in [0.5, 0.6) is 0 Å². The maximum absolute atomic E-state index is 4.30. The lowest BCUT2D eigenvalue weighted by Gasteiger charge is -2.06. The fourth-order valence-electron chi connectivity index (χ4n) is 1.72. The Bertz CT molecular complexity index is 476. The number of pyridine rings is 1. The molecular weight excluding hydrogens is 212 g/mol. The Balaban J connectivity index is 1.95. The van der Waals surface area contributed by atoms with Crippen molar-refractivity contribution >= 4 is 5.69 Å². The van der Waals surface area contributed by atoms with Crippen LogP contribution in [0.2, 0.25) is 0 Å². The van der Waals surface area contributed by atoms with E-state index in [0.717, 1.165) is 30.9 Å². The fourth-order valence-corrected chi connectivity index (χ4v) is 1.72. The summed E-state index contributed by atoms with van der Waals surface area (Å²) < 4.78 is 1.98. The number of nitrogens with zero attached hydrogens (tertiary/aromatic N) is 3. The molecule has 0 saturated heterocycles. The minimum Gasteiger partial charge on any atom is -0.379 e. The second kappa shape index (κ2) is 5.48. The SMILES string of the molecule is CCCn1cc(CNc2cccnc2C)cn1. The average molecular weight is 230 g/mol. The summed E-state index contributed by atoms with van der Waals surface area (Å²) in [6.45, 7) is 5.92. The van der Waals surface area contributed by atoms with Gasteiger partial charge >= 0.3 is 0 Å². The molecule has 2 aromatic rings. The smallest absolute Gasteiger partial charge is 0.0603 e. The largest absolute Gasteiger partial charge is 0.379 e. The zero-order chi connectivity index (χ0) is 12.1. The van der Waals surface area contributed by atoms with Gasteiger partial charge in [0.05, 0.1) is 17.6 Å². The quantitative estimate of drug-likeness (QED) is 0.858. The zero-order valence-corrected chi connectivity index (χ0v) is 10.3. The second-order valence-corrected chi connectivity index (χ2v) is 4.10. The summed E-state index contributed by atoms with van der Waals surface area (Å²) in [5.74, 6) is 0. The van der Waals surface area contributed by atoms with Crippen molar-refractivity contribution < 1.29 is 0 Å². The van der Waals surface area contributed by atoms with E-state index >= 15 is 0 Å². The van der Waals surface area contributed by atoms with E-state index in [9.17, 15) is 0 Å². The normalized spacial score (nSPS) is 10.5. The van der Waals surface area contributed by atoms with E-state index in [1.165, 1.54) is 5.56 Å². The molecule has 0 spiro atoms. The Morgan fingerprint density at radius 1 is 1.41 bits per heavy atom. The molecule has 0 radical (unpaired) electrons. The number of rotatable bonds is 5. The van der Waals surface area contributed by atoms with Gasteiger partial charge < -0.3 is 5.32 Å². The van der Waals surface area contributed by atoms with Gasteiger partial charge in [-0.25, -0.2) is 0 Å². The third-order valence-corrected chi connectivity index (χ3v) is 2.63. The molecule has 90 valence electrons. The van der Waals surface area contributed by atoms with Crippen LogP contribution in [0, 0.1) is 6.92 Å². The predicted octanol–water partition coefficient (Wildman–Crippen LogP) is 2.61. The predicted molar refractivity (Wildman–Crippen MR) is 68.8 cm³/mol. The van der Waals surface area contributed by atoms with Gasteiger partial charge in [-0.15, -0.1) is 0 Å². The molecule has 0 aliphatic heterocycles. The highest BCUT2D eigenvalue weighted by molar-refractivity contribution is 5.46. The summed E-state index contributed by atoms with van der Waals surface area (Å²) in [5.41, 5.74) is 3.30. The monoisotopic (exact) mass is 230 g/mol. The van der Waals surface area contributed by atoms with E-state index < -0.39 is 0 Å². The standard InChI is InChI=1S/C13H18N4/c1-3-7-17-10-12(9-16-17)8-15-13-5-4-6-14-11(13)2/h4-6,9-10,15H,3,7-8H2,1-2H3. The van der Waals surface area contributed by atoms with Crippen LogP contribution in [-0.4, -0.2) is 14.8 Å². The highest BCUT2D eigenvalue weighted by Crippen LogP contribution is 2.11. The summed E-state index contributed by atoms with van der Waals surface area (Å²) in [7, 11) is 0. The van der Waals surface area contributed by atoms with Gasteiger partial charge in [0.1, 0.15) is 0 Å². The van der Waals surface area contributed by atoms with Crippen molar-refractivity contribution in [3.8, 4) is 0 Å². The highest BCUT2D eigenvalue weighted by Gasteiger charge is 2.00. The van der Waals surface area contributed by atoms with E-state index in [4.69, 9.17) is 0 Å². The van der Waals surface area contributed by atoms with Crippen molar-refractivity contribution in [2.45, 2.75) is 33.4 Å². The van der Waals surface area contributed by atoms with E-state index in [0.29, 0.717) is 0 Å². The third-order valence-electron chi connectivity index (χ3n) is 2.63. The molecule has 0 amide bonds. The summed E-state index contributed by atoms with van der Waals surface area (Å²) in [6, 6.07) is 3.98. The summed E-state index contributed by atoms with van der Waals surface area (Å²) in [4.78, 5) is 4.24. The molecule has 0 atom stereocenters. The van der Waals surface area contributed by atoms with Crippen LogP contribution in [0.3, 0.4) is 0 Å². The maximum Gasteiger partial charge on any atom is 0.0603 e. The lowest BCUT2D eigenvalue weighted by Crippen LogP contribution is -2.01. The molecule has 2 aromatic heterocycles. The number of aromatic nitrogens is 3. The van der Waals surface area contributed by atoms with Gasteiger partial charge in [-0.05, 0) is 25.5 Å². The number of aryl methyl sites for hydroxylation is 2. The van der Waals surface area contributed by atoms with Crippen LogP contribution in [0.25, 0.3) is 0 Å². The molecule has 0 fully saturated rings. The molecule has 0 aliphatic carbocycles. The van der Waals surface area contributed by atoms with Crippen molar-refractivity contribution in [2.75, 3.05) is 5.32 Å². The number of hydrogen-bond acceptors (Lipinski definition) is 3. The first kappa shape index (κ1) is 11.6. The first-order valence-electron chi connectivity index (χ1n) is 5.96. The van der Waals surface area contributed by atoms with E-state index in [-0.39, 0.29) is 0 Å². The molecule has 0 aliphatic rings. The van der Waals surface area contributed by atoms with Gasteiger partial charge in [0, 0.05) is 31.0 Å². The summed E-state index contributed by atoms with van der Waals surface area (Å²) >= 11 is 0. The van der Waals surface area contributed by atoms with Crippen LogP contribution in [0.15, 0.2) is 30.7 Å². The number of nitrogens with one attached hydrogen (secondary N) is 1. The molecule has 1 N–H and O–H groups in total. The van der Waals surface area contributed by atoms with Gasteiger partial charge in [-0.3, -0.25) is 9.67 Å². The molecule has 0 saturated carbocycles. The Morgan fingerprint density at radius 2 is 2.29 bits per heavy atom. The van der Waals surface area contributed by atoms with Crippen molar-refractivity contribution in [3.05, 3.63) is 42.0 Å². The zero-order valence-electron chi connectivity index (χ0n) is 10.3. The van der Waals surface area contributed by atoms with Gasteiger partial charge in [-0.2, -0.15) is 5.10 Å². The summed E-state index contributed by atoms with van der Waals surface area (Å²) in [6.07, 6.45) is 6.91. The van der Waals surface area contributed by atoms with Crippen LogP contribution in [-0.2, 0) is 13.1 Å². The van der Waals surface area contributed by atoms with Crippen molar-refractivity contribution in [1.82, 2.24) is 14.8 Å². The van der Waals surface area contributed by atoms with Crippen LogP contribution in [0.4, 0.5) is 5.69 Å². The Hall–Kier alpha value is -1.84. The average Bonchev–Trinajstić information content (AvgIpc) is 2.76. The first-order chi connectivity index (χ1) is 8.29. The summed E-state index contributed by atoms with van der Waals surface area (Å²) in [5, 5.41) is 7.67. The van der Waals surface area contributed by atoms with Crippen LogP contribution >= 0.6 is 0 Å². The molecule has 17 heavy (non-hydrogen) atoms. The Labute approximate surface area is 102 Å². The molecule has 0 aromatic carbocycles.